The van der Waals surface area contributed by atoms with Crippen LogP contribution in [0, 0.1) is 40.9 Å². The van der Waals surface area contributed by atoms with Crippen molar-refractivity contribution in [2.24, 2.45) is 17.6 Å². The number of ketones is 1. The molecule has 0 spiro atoms. The smallest absolute Gasteiger partial charge is 0.271 e. The highest BCUT2D eigenvalue weighted by Gasteiger charge is 2.38. The Morgan fingerprint density at radius 2 is 1.67 bits per heavy atom. The van der Waals surface area contributed by atoms with E-state index < -0.39 is 88.5 Å². The molecule has 256 valence electrons. The highest BCUT2D eigenvalue weighted by Crippen LogP contribution is 2.40. The molecule has 2 fully saturated rings. The van der Waals surface area contributed by atoms with Crippen LogP contribution in [-0.2, 0) is 14.4 Å². The van der Waals surface area contributed by atoms with Crippen molar-refractivity contribution in [1.29, 1.82) is 0 Å². The van der Waals surface area contributed by atoms with Crippen LogP contribution in [0.5, 0.6) is 5.75 Å². The molecule has 1 aliphatic carbocycles. The van der Waals surface area contributed by atoms with E-state index in [9.17, 15) is 41.1 Å². The number of carbonyl (C=O) groups excluding carboxylic acids is 4. The first-order chi connectivity index (χ1) is 23.0. The molecule has 3 aromatic rings. The molecule has 1 saturated carbocycles. The normalized spacial score (nSPS) is 17.9. The third kappa shape index (κ3) is 7.50. The minimum Gasteiger partial charge on any atom is -0.479 e. The minimum absolute atomic E-state index is 0.0197. The molecule has 2 aromatic carbocycles. The number of hydrogen-bond acceptors (Lipinski definition) is 7. The van der Waals surface area contributed by atoms with Crippen molar-refractivity contribution in [2.75, 3.05) is 13.2 Å². The summed E-state index contributed by atoms with van der Waals surface area (Å²) in [6, 6.07) is 3.95. The molecular formula is C33H33F5N4O6. The van der Waals surface area contributed by atoms with Gasteiger partial charge in [0.15, 0.2) is 34.6 Å². The first-order valence-corrected chi connectivity index (χ1v) is 15.6. The number of benzene rings is 2. The SMILES string of the molecule is NC(=O)c1noc(-c2ccccc2F)c1[C@H](CC1CCCCC1)C(=O)N[C@@H](C[C@@H]1CCNC1=O)C(=O)COc1c(F)c(F)cc(F)c1F. The molecule has 0 bridgehead atoms. The number of Topliss-reactive ketones (excluding diaryl/α,β-unsaturated/α-hetero) is 1. The summed E-state index contributed by atoms with van der Waals surface area (Å²) in [5, 5.41) is 8.97. The number of nitrogens with two attached hydrogens (primary N) is 1. The standard InChI is InChI=1S/C33H33F5N4O6/c34-20-9-5-4-8-18(20)29-25(28(31(39)44)42-48-29)19(12-16-6-2-1-3-7-16)33(46)41-23(13-17-10-11-40-32(17)45)24(43)15-47-30-26(37)21(35)14-22(36)27(30)38/h4-5,8-9,14,16-17,19,23H,1-3,6-7,10-13,15H2,(H2,39,44)(H,40,45)(H,41,46)/t17-,19-,23-/m0/s1. The van der Waals surface area contributed by atoms with Crippen molar-refractivity contribution < 1.29 is 50.4 Å². The fourth-order valence-corrected chi connectivity index (χ4v) is 6.37. The van der Waals surface area contributed by atoms with E-state index in [2.05, 4.69) is 15.8 Å². The summed E-state index contributed by atoms with van der Waals surface area (Å²) < 4.78 is 81.3. The fourth-order valence-electron chi connectivity index (χ4n) is 6.37. The van der Waals surface area contributed by atoms with E-state index in [4.69, 9.17) is 15.0 Å². The maximum Gasteiger partial charge on any atom is 0.271 e. The molecule has 3 amide bonds. The molecular weight excluding hydrogens is 643 g/mol. The van der Waals surface area contributed by atoms with Crippen molar-refractivity contribution >= 4 is 23.5 Å². The van der Waals surface area contributed by atoms with E-state index in [-0.39, 0.29) is 41.7 Å². The molecule has 15 heteroatoms. The number of nitrogens with one attached hydrogen (secondary N) is 2. The van der Waals surface area contributed by atoms with Gasteiger partial charge < -0.3 is 25.6 Å². The Balaban J connectivity index is 1.50. The molecule has 48 heavy (non-hydrogen) atoms. The molecule has 0 unspecified atom stereocenters. The first kappa shape index (κ1) is 34.5. The molecule has 4 N–H and O–H groups in total. The molecule has 2 aliphatic rings. The van der Waals surface area contributed by atoms with Crippen LogP contribution >= 0.6 is 0 Å². The van der Waals surface area contributed by atoms with Crippen molar-refractivity contribution in [2.45, 2.75) is 63.3 Å². The molecule has 0 radical (unpaired) electrons. The Morgan fingerprint density at radius 3 is 2.29 bits per heavy atom. The topological polar surface area (TPSA) is 154 Å². The maximum absolute atomic E-state index is 15.0. The van der Waals surface area contributed by atoms with Gasteiger partial charge in [0, 0.05) is 24.1 Å². The van der Waals surface area contributed by atoms with Gasteiger partial charge in [-0.2, -0.15) is 8.78 Å². The van der Waals surface area contributed by atoms with Crippen LogP contribution in [0.4, 0.5) is 22.0 Å². The van der Waals surface area contributed by atoms with Crippen LogP contribution in [0.3, 0.4) is 0 Å². The summed E-state index contributed by atoms with van der Waals surface area (Å²) in [6.45, 7) is -0.837. The number of halogens is 5. The zero-order valence-electron chi connectivity index (χ0n) is 25.6. The Kier molecular flexibility index (Phi) is 10.7. The Morgan fingerprint density at radius 1 is 0.979 bits per heavy atom. The maximum atomic E-state index is 15.0. The third-order valence-corrected chi connectivity index (χ3v) is 8.86. The number of aromatic nitrogens is 1. The quantitative estimate of drug-likeness (QED) is 0.173. The summed E-state index contributed by atoms with van der Waals surface area (Å²) in [7, 11) is 0. The van der Waals surface area contributed by atoms with Crippen molar-refractivity contribution in [3.8, 4) is 17.1 Å². The second-order valence-corrected chi connectivity index (χ2v) is 12.0. The highest BCUT2D eigenvalue weighted by molar-refractivity contribution is 5.99. The van der Waals surface area contributed by atoms with E-state index in [1.165, 1.54) is 18.2 Å². The second kappa shape index (κ2) is 14.9. The zero-order valence-corrected chi connectivity index (χ0v) is 25.6. The van der Waals surface area contributed by atoms with Crippen LogP contribution < -0.4 is 21.1 Å². The molecule has 1 aromatic heterocycles. The van der Waals surface area contributed by atoms with Gasteiger partial charge >= 0.3 is 0 Å². The molecule has 1 saturated heterocycles. The zero-order chi connectivity index (χ0) is 34.5. The van der Waals surface area contributed by atoms with Crippen LogP contribution in [-0.4, -0.2) is 47.9 Å². The molecule has 2 heterocycles. The van der Waals surface area contributed by atoms with E-state index in [1.54, 1.807) is 0 Å². The lowest BCUT2D eigenvalue weighted by atomic mass is 9.79. The van der Waals surface area contributed by atoms with Crippen LogP contribution in [0.1, 0.15) is 73.3 Å². The van der Waals surface area contributed by atoms with E-state index in [0.717, 1.165) is 38.2 Å². The molecule has 1 aliphatic heterocycles. The number of primary amides is 1. The van der Waals surface area contributed by atoms with Gasteiger partial charge in [-0.3, -0.25) is 19.2 Å². The lowest BCUT2D eigenvalue weighted by molar-refractivity contribution is -0.131. The Labute approximate surface area is 271 Å². The van der Waals surface area contributed by atoms with Crippen LogP contribution in [0.25, 0.3) is 11.3 Å². The van der Waals surface area contributed by atoms with Gasteiger partial charge in [-0.25, -0.2) is 13.2 Å². The number of nitrogens with zero attached hydrogens (tertiary/aromatic N) is 1. The van der Waals surface area contributed by atoms with Gasteiger partial charge in [-0.1, -0.05) is 49.4 Å². The van der Waals surface area contributed by atoms with Crippen molar-refractivity contribution in [3.05, 3.63) is 70.7 Å². The minimum atomic E-state index is -1.86. The monoisotopic (exact) mass is 676 g/mol. The summed E-state index contributed by atoms with van der Waals surface area (Å²) in [5.74, 6) is -14.9. The number of carbonyl (C=O) groups is 4. The summed E-state index contributed by atoms with van der Waals surface area (Å²) in [5.41, 5.74) is 5.02. The number of rotatable bonds is 13. The second-order valence-electron chi connectivity index (χ2n) is 12.0. The number of hydrogen-bond donors (Lipinski definition) is 3. The van der Waals surface area contributed by atoms with Gasteiger partial charge in [0.2, 0.25) is 23.4 Å². The number of ether oxygens (including phenoxy) is 1. The fraction of sp³-hybridized carbons (Fsp3) is 0.424. The lowest BCUT2D eigenvalue weighted by Crippen LogP contribution is -2.47. The van der Waals surface area contributed by atoms with Gasteiger partial charge in [-0.15, -0.1) is 0 Å². The first-order valence-electron chi connectivity index (χ1n) is 15.6. The summed E-state index contributed by atoms with van der Waals surface area (Å²) in [6.07, 6.45) is 4.43. The van der Waals surface area contributed by atoms with Gasteiger partial charge in [0.25, 0.3) is 5.91 Å². The van der Waals surface area contributed by atoms with Crippen LogP contribution in [0.2, 0.25) is 0 Å². The average molecular weight is 677 g/mol. The van der Waals surface area contributed by atoms with Gasteiger partial charge in [-0.05, 0) is 37.3 Å². The van der Waals surface area contributed by atoms with E-state index >= 15 is 0 Å². The highest BCUT2D eigenvalue weighted by atomic mass is 19.2. The Hall–Kier alpha value is -4.82. The summed E-state index contributed by atoms with van der Waals surface area (Å²) in [4.78, 5) is 52.7. The lowest BCUT2D eigenvalue weighted by Gasteiger charge is -2.28. The summed E-state index contributed by atoms with van der Waals surface area (Å²) >= 11 is 0. The molecule has 10 nitrogen and oxygen atoms in total. The van der Waals surface area contributed by atoms with Gasteiger partial charge in [0.05, 0.1) is 17.5 Å². The van der Waals surface area contributed by atoms with E-state index in [0.29, 0.717) is 13.0 Å². The van der Waals surface area contributed by atoms with Crippen molar-refractivity contribution in [3.63, 3.8) is 0 Å². The molecule has 5 rings (SSSR count). The van der Waals surface area contributed by atoms with Crippen molar-refractivity contribution in [1.82, 2.24) is 15.8 Å². The molecule has 3 atom stereocenters. The van der Waals surface area contributed by atoms with E-state index in [1.807, 2.05) is 0 Å². The largest absolute Gasteiger partial charge is 0.479 e. The Bertz CT molecular complexity index is 1680. The predicted molar refractivity (Wildman–Crippen MR) is 159 cm³/mol. The average Bonchev–Trinajstić information content (AvgIpc) is 3.69. The van der Waals surface area contributed by atoms with Gasteiger partial charge in [0.1, 0.15) is 12.4 Å². The predicted octanol–water partition coefficient (Wildman–Crippen LogP) is 4.85. The van der Waals surface area contributed by atoms with Crippen LogP contribution in [0.15, 0.2) is 34.9 Å². The number of amides is 3. The third-order valence-electron chi connectivity index (χ3n) is 8.86.